The van der Waals surface area contributed by atoms with Gasteiger partial charge in [0.05, 0.1) is 6.54 Å². The molecule has 0 radical (unpaired) electrons. The minimum atomic E-state index is -1.34. The van der Waals surface area contributed by atoms with Crippen LogP contribution in [0.15, 0.2) is 18.6 Å². The van der Waals surface area contributed by atoms with Crippen LogP contribution in [0.5, 0.6) is 0 Å². The first-order valence-corrected chi connectivity index (χ1v) is 5.04. The van der Waals surface area contributed by atoms with Crippen molar-refractivity contribution < 1.29 is 14.3 Å². The third kappa shape index (κ3) is 2.26. The lowest BCUT2D eigenvalue weighted by Gasteiger charge is -2.07. The molecule has 8 heteroatoms. The molecule has 18 heavy (non-hydrogen) atoms. The van der Waals surface area contributed by atoms with Gasteiger partial charge in [-0.1, -0.05) is 0 Å². The van der Waals surface area contributed by atoms with Gasteiger partial charge in [0.2, 0.25) is 0 Å². The number of aromatic nitrogens is 4. The molecule has 0 atom stereocenters. The molecule has 0 amide bonds. The number of aromatic carboxylic acids is 1. The summed E-state index contributed by atoms with van der Waals surface area (Å²) >= 11 is 0. The van der Waals surface area contributed by atoms with E-state index in [9.17, 15) is 9.18 Å². The zero-order chi connectivity index (χ0) is 13.1. The van der Waals surface area contributed by atoms with Gasteiger partial charge < -0.3 is 15.0 Å². The summed E-state index contributed by atoms with van der Waals surface area (Å²) in [6.45, 7) is 0.198. The van der Waals surface area contributed by atoms with Crippen LogP contribution in [0.3, 0.4) is 0 Å². The predicted octanol–water partition coefficient (Wildman–Crippen LogP) is 0.659. The largest absolute Gasteiger partial charge is 0.478 e. The summed E-state index contributed by atoms with van der Waals surface area (Å²) in [6.07, 6.45) is 2.74. The average Bonchev–Trinajstić information content (AvgIpc) is 2.73. The van der Waals surface area contributed by atoms with Gasteiger partial charge in [0.15, 0.2) is 17.5 Å². The fourth-order valence-corrected chi connectivity index (χ4v) is 1.36. The Morgan fingerprint density at radius 2 is 2.39 bits per heavy atom. The fourth-order valence-electron chi connectivity index (χ4n) is 1.36. The molecular formula is C10H10FN5O2. The third-order valence-corrected chi connectivity index (χ3v) is 2.34. The molecule has 2 heterocycles. The normalized spacial score (nSPS) is 10.3. The molecule has 0 aliphatic heterocycles. The van der Waals surface area contributed by atoms with Gasteiger partial charge in [0.25, 0.3) is 0 Å². The van der Waals surface area contributed by atoms with E-state index in [0.29, 0.717) is 5.82 Å². The van der Waals surface area contributed by atoms with E-state index in [0.717, 1.165) is 6.07 Å². The molecule has 2 N–H and O–H groups in total. The second kappa shape index (κ2) is 4.78. The lowest BCUT2D eigenvalue weighted by Crippen LogP contribution is -2.10. The Morgan fingerprint density at radius 1 is 1.61 bits per heavy atom. The van der Waals surface area contributed by atoms with Gasteiger partial charge in [-0.25, -0.2) is 14.2 Å². The van der Waals surface area contributed by atoms with Gasteiger partial charge in [-0.2, -0.15) is 0 Å². The molecule has 0 aliphatic carbocycles. The maximum atomic E-state index is 13.7. The van der Waals surface area contributed by atoms with Crippen molar-refractivity contribution in [3.63, 3.8) is 0 Å². The van der Waals surface area contributed by atoms with Gasteiger partial charge in [-0.15, -0.1) is 10.2 Å². The zero-order valence-electron chi connectivity index (χ0n) is 9.46. The number of carboxylic acids is 1. The van der Waals surface area contributed by atoms with Crippen LogP contribution in [0.25, 0.3) is 0 Å². The molecule has 0 fully saturated rings. The van der Waals surface area contributed by atoms with Gasteiger partial charge >= 0.3 is 5.97 Å². The van der Waals surface area contributed by atoms with Crippen LogP contribution in [0.4, 0.5) is 10.2 Å². The maximum absolute atomic E-state index is 13.7. The van der Waals surface area contributed by atoms with E-state index in [-0.39, 0.29) is 12.4 Å². The van der Waals surface area contributed by atoms with E-state index < -0.39 is 17.3 Å². The smallest absolute Gasteiger partial charge is 0.338 e. The number of rotatable bonds is 4. The Morgan fingerprint density at radius 3 is 3.00 bits per heavy atom. The number of hydrogen-bond acceptors (Lipinski definition) is 5. The molecule has 7 nitrogen and oxygen atoms in total. The molecule has 2 aromatic heterocycles. The number of aryl methyl sites for hydroxylation is 1. The molecule has 2 aromatic rings. The van der Waals surface area contributed by atoms with E-state index in [1.54, 1.807) is 11.6 Å². The molecular weight excluding hydrogens is 241 g/mol. The molecule has 0 saturated heterocycles. The molecule has 94 valence electrons. The van der Waals surface area contributed by atoms with Crippen molar-refractivity contribution in [2.24, 2.45) is 7.05 Å². The number of anilines is 1. The Kier molecular flexibility index (Phi) is 3.18. The maximum Gasteiger partial charge on any atom is 0.338 e. The van der Waals surface area contributed by atoms with Crippen molar-refractivity contribution >= 4 is 11.8 Å². The summed E-state index contributed by atoms with van der Waals surface area (Å²) < 4.78 is 15.4. The lowest BCUT2D eigenvalue weighted by atomic mass is 10.2. The van der Waals surface area contributed by atoms with Crippen molar-refractivity contribution in [2.45, 2.75) is 6.54 Å². The van der Waals surface area contributed by atoms with Gasteiger partial charge in [0.1, 0.15) is 11.9 Å². The van der Waals surface area contributed by atoms with Gasteiger partial charge in [-0.3, -0.25) is 0 Å². The van der Waals surface area contributed by atoms with Crippen molar-refractivity contribution in [3.05, 3.63) is 35.8 Å². The van der Waals surface area contributed by atoms with Crippen LogP contribution >= 0.6 is 0 Å². The first kappa shape index (κ1) is 12.0. The van der Waals surface area contributed by atoms with E-state index >= 15 is 0 Å². The van der Waals surface area contributed by atoms with Crippen LogP contribution in [-0.4, -0.2) is 30.8 Å². The lowest BCUT2D eigenvalue weighted by molar-refractivity contribution is 0.0692. The van der Waals surface area contributed by atoms with Crippen molar-refractivity contribution in [3.8, 4) is 0 Å². The van der Waals surface area contributed by atoms with Gasteiger partial charge in [0, 0.05) is 13.2 Å². The van der Waals surface area contributed by atoms with E-state index in [4.69, 9.17) is 5.11 Å². The highest BCUT2D eigenvalue weighted by atomic mass is 19.1. The third-order valence-electron chi connectivity index (χ3n) is 2.34. The number of carboxylic acid groups (broad SMARTS) is 1. The standard InChI is InChI=1S/C10H10FN5O2/c1-16-5-14-15-7(16)4-13-9-8(11)6(10(17)18)2-3-12-9/h2-3,5H,4H2,1H3,(H,12,13)(H,17,18). The second-order valence-corrected chi connectivity index (χ2v) is 3.54. The summed E-state index contributed by atoms with van der Waals surface area (Å²) in [5, 5.41) is 18.9. The number of carbonyl (C=O) groups is 1. The van der Waals surface area contributed by atoms with Crippen LogP contribution in [0, 0.1) is 5.82 Å². The van der Waals surface area contributed by atoms with Gasteiger partial charge in [-0.05, 0) is 6.07 Å². The highest BCUT2D eigenvalue weighted by Gasteiger charge is 2.15. The van der Waals surface area contributed by atoms with E-state index in [2.05, 4.69) is 20.5 Å². The van der Waals surface area contributed by atoms with Crippen LogP contribution in [-0.2, 0) is 13.6 Å². The summed E-state index contributed by atoms with van der Waals surface area (Å²) in [5.41, 5.74) is -0.425. The quantitative estimate of drug-likeness (QED) is 0.829. The highest BCUT2D eigenvalue weighted by molar-refractivity contribution is 5.88. The van der Waals surface area contributed by atoms with E-state index in [1.165, 1.54) is 12.5 Å². The van der Waals surface area contributed by atoms with Crippen molar-refractivity contribution in [1.82, 2.24) is 19.7 Å². The van der Waals surface area contributed by atoms with Crippen molar-refractivity contribution in [1.29, 1.82) is 0 Å². The minimum absolute atomic E-state index is 0.127. The summed E-state index contributed by atoms with van der Waals surface area (Å²) in [5.74, 6) is -1.78. The summed E-state index contributed by atoms with van der Waals surface area (Å²) in [6, 6.07) is 1.10. The molecule has 2 rings (SSSR count). The average molecular weight is 251 g/mol. The molecule has 0 unspecified atom stereocenters. The number of hydrogen-bond donors (Lipinski definition) is 2. The Hall–Kier alpha value is -2.51. The minimum Gasteiger partial charge on any atom is -0.478 e. The van der Waals surface area contributed by atoms with Crippen LogP contribution in [0.1, 0.15) is 16.2 Å². The number of nitrogens with zero attached hydrogens (tertiary/aromatic N) is 4. The van der Waals surface area contributed by atoms with Crippen LogP contribution in [0.2, 0.25) is 0 Å². The Labute approximate surface area is 101 Å². The summed E-state index contributed by atoms with van der Waals surface area (Å²) in [4.78, 5) is 14.5. The Balaban J connectivity index is 2.17. The predicted molar refractivity (Wildman–Crippen MR) is 59.5 cm³/mol. The second-order valence-electron chi connectivity index (χ2n) is 3.54. The Bertz CT molecular complexity index is 583. The summed E-state index contributed by atoms with van der Waals surface area (Å²) in [7, 11) is 1.74. The molecule has 0 bridgehead atoms. The molecule has 0 aromatic carbocycles. The zero-order valence-corrected chi connectivity index (χ0v) is 9.46. The van der Waals surface area contributed by atoms with E-state index in [1.807, 2.05) is 0 Å². The van der Waals surface area contributed by atoms with Crippen molar-refractivity contribution in [2.75, 3.05) is 5.32 Å². The van der Waals surface area contributed by atoms with Crippen LogP contribution < -0.4 is 5.32 Å². The monoisotopic (exact) mass is 251 g/mol. The molecule has 0 aliphatic rings. The molecule has 0 spiro atoms. The fraction of sp³-hybridized carbons (Fsp3) is 0.200. The molecule has 0 saturated carbocycles. The first-order valence-electron chi connectivity index (χ1n) is 5.04. The first-order chi connectivity index (χ1) is 8.59. The number of halogens is 1. The topological polar surface area (TPSA) is 92.9 Å². The highest BCUT2D eigenvalue weighted by Crippen LogP contribution is 2.15. The SMILES string of the molecule is Cn1cnnc1CNc1nccc(C(=O)O)c1F. The number of pyridine rings is 1. The number of nitrogens with one attached hydrogen (secondary N) is 1.